The Morgan fingerprint density at radius 3 is 2.71 bits per heavy atom. The van der Waals surface area contributed by atoms with Gasteiger partial charge in [0.05, 0.1) is 6.20 Å². The Hall–Kier alpha value is -1.98. The van der Waals surface area contributed by atoms with E-state index in [0.29, 0.717) is 0 Å². The van der Waals surface area contributed by atoms with Gasteiger partial charge in [0.15, 0.2) is 5.82 Å². The van der Waals surface area contributed by atoms with E-state index in [1.54, 1.807) is 6.20 Å². The molecule has 3 rings (SSSR count). The Labute approximate surface area is 132 Å². The van der Waals surface area contributed by atoms with Crippen molar-refractivity contribution in [2.45, 2.75) is 6.54 Å². The fourth-order valence-corrected chi connectivity index (χ4v) is 2.60. The Kier molecular flexibility index (Phi) is 4.13. The van der Waals surface area contributed by atoms with Crippen molar-refractivity contribution in [3.05, 3.63) is 65.0 Å². The van der Waals surface area contributed by atoms with E-state index in [1.165, 1.54) is 0 Å². The Balaban J connectivity index is 2.00. The lowest BCUT2D eigenvalue weighted by atomic mass is 10.1. The van der Waals surface area contributed by atoms with E-state index in [-0.39, 0.29) is 0 Å². The number of nitrogens with one attached hydrogen (secondary N) is 1. The van der Waals surface area contributed by atoms with Gasteiger partial charge in [0.1, 0.15) is 0 Å². The molecule has 0 atom stereocenters. The zero-order valence-electron chi connectivity index (χ0n) is 11.6. The van der Waals surface area contributed by atoms with Crippen molar-refractivity contribution in [2.75, 3.05) is 7.05 Å². The summed E-state index contributed by atoms with van der Waals surface area (Å²) in [6, 6.07) is 12.3. The smallest absolute Gasteiger partial charge is 0.157 e. The second-order valence-electron chi connectivity index (χ2n) is 4.71. The lowest BCUT2D eigenvalue weighted by molar-refractivity contribution is 0.770. The summed E-state index contributed by atoms with van der Waals surface area (Å²) in [4.78, 5) is 4.49. The largest absolute Gasteiger partial charge is 0.316 e. The first-order valence-electron chi connectivity index (χ1n) is 6.67. The van der Waals surface area contributed by atoms with Crippen molar-refractivity contribution >= 4 is 15.9 Å². The van der Waals surface area contributed by atoms with Crippen molar-refractivity contribution in [1.82, 2.24) is 20.1 Å². The molecule has 0 bridgehead atoms. The number of pyridine rings is 1. The third-order valence-corrected chi connectivity index (χ3v) is 3.62. The Morgan fingerprint density at radius 1 is 1.14 bits per heavy atom. The summed E-state index contributed by atoms with van der Waals surface area (Å²) in [5.41, 5.74) is 3.32. The number of hydrogen-bond acceptors (Lipinski definition) is 3. The fourth-order valence-electron chi connectivity index (χ4n) is 2.22. The van der Waals surface area contributed by atoms with Crippen LogP contribution in [-0.4, -0.2) is 21.8 Å². The molecule has 4 nitrogen and oxygen atoms in total. The Morgan fingerprint density at radius 2 is 1.95 bits per heavy atom. The summed E-state index contributed by atoms with van der Waals surface area (Å²) >= 11 is 3.46. The average Bonchev–Trinajstić information content (AvgIpc) is 2.98. The molecular weight excluding hydrogens is 328 g/mol. The van der Waals surface area contributed by atoms with Gasteiger partial charge in [-0.1, -0.05) is 30.3 Å². The van der Waals surface area contributed by atoms with Crippen LogP contribution in [0.2, 0.25) is 0 Å². The van der Waals surface area contributed by atoms with Crippen molar-refractivity contribution in [2.24, 2.45) is 0 Å². The summed E-state index contributed by atoms with van der Waals surface area (Å²) in [5, 5.41) is 7.60. The van der Waals surface area contributed by atoms with Crippen LogP contribution in [0.4, 0.5) is 0 Å². The lowest BCUT2D eigenvalue weighted by Crippen LogP contribution is -2.11. The third kappa shape index (κ3) is 3.04. The summed E-state index contributed by atoms with van der Waals surface area (Å²) in [5.74, 6) is 0.842. The van der Waals surface area contributed by atoms with E-state index in [0.717, 1.165) is 33.5 Å². The number of benzene rings is 1. The van der Waals surface area contributed by atoms with Gasteiger partial charge in [-0.15, -0.1) is 0 Å². The van der Waals surface area contributed by atoms with Gasteiger partial charge < -0.3 is 5.32 Å². The van der Waals surface area contributed by atoms with Gasteiger partial charge in [-0.3, -0.25) is 0 Å². The molecule has 0 aliphatic carbocycles. The minimum Gasteiger partial charge on any atom is -0.316 e. The first kappa shape index (κ1) is 14.0. The van der Waals surface area contributed by atoms with Gasteiger partial charge in [0.2, 0.25) is 0 Å². The van der Waals surface area contributed by atoms with Crippen LogP contribution in [0.15, 0.2) is 59.5 Å². The first-order valence-corrected chi connectivity index (χ1v) is 7.46. The molecule has 0 unspecified atom stereocenters. The molecule has 2 aromatic heterocycles. The summed E-state index contributed by atoms with van der Waals surface area (Å²) < 4.78 is 2.79. The molecule has 0 saturated heterocycles. The predicted octanol–water partition coefficient (Wildman–Crippen LogP) is 3.42. The minimum absolute atomic E-state index is 0.738. The standard InChI is InChI=1S/C16H15BrN4/c1-18-8-13-7-15(17)10-19-16(13)21-11-14(9-20-21)12-5-3-2-4-6-12/h2-7,9-11,18H,8H2,1H3. The molecule has 0 amide bonds. The van der Waals surface area contributed by atoms with Gasteiger partial charge in [-0.05, 0) is 34.6 Å². The molecule has 0 aliphatic rings. The van der Waals surface area contributed by atoms with Crippen molar-refractivity contribution in [1.29, 1.82) is 0 Å². The van der Waals surface area contributed by atoms with Gasteiger partial charge in [0, 0.05) is 34.5 Å². The van der Waals surface area contributed by atoms with E-state index in [9.17, 15) is 0 Å². The maximum Gasteiger partial charge on any atom is 0.157 e. The highest BCUT2D eigenvalue weighted by atomic mass is 79.9. The first-order chi connectivity index (χ1) is 10.3. The highest BCUT2D eigenvalue weighted by Gasteiger charge is 2.09. The third-order valence-electron chi connectivity index (χ3n) is 3.18. The van der Waals surface area contributed by atoms with E-state index in [2.05, 4.69) is 49.5 Å². The van der Waals surface area contributed by atoms with Gasteiger partial charge >= 0.3 is 0 Å². The minimum atomic E-state index is 0.738. The van der Waals surface area contributed by atoms with Crippen LogP contribution in [0.25, 0.3) is 16.9 Å². The van der Waals surface area contributed by atoms with E-state index >= 15 is 0 Å². The lowest BCUT2D eigenvalue weighted by Gasteiger charge is -2.08. The maximum atomic E-state index is 4.49. The van der Waals surface area contributed by atoms with Crippen LogP contribution in [0.3, 0.4) is 0 Å². The maximum absolute atomic E-state index is 4.49. The zero-order valence-corrected chi connectivity index (χ0v) is 13.2. The molecule has 0 aliphatic heterocycles. The van der Waals surface area contributed by atoms with Crippen LogP contribution in [0.1, 0.15) is 5.56 Å². The van der Waals surface area contributed by atoms with Gasteiger partial charge in [0.25, 0.3) is 0 Å². The van der Waals surface area contributed by atoms with E-state index in [1.807, 2.05) is 42.3 Å². The van der Waals surface area contributed by atoms with E-state index in [4.69, 9.17) is 0 Å². The van der Waals surface area contributed by atoms with Crippen LogP contribution in [0.5, 0.6) is 0 Å². The molecule has 2 heterocycles. The van der Waals surface area contributed by atoms with E-state index < -0.39 is 0 Å². The summed E-state index contributed by atoms with van der Waals surface area (Å²) in [6.45, 7) is 0.738. The predicted molar refractivity (Wildman–Crippen MR) is 87.3 cm³/mol. The van der Waals surface area contributed by atoms with Crippen molar-refractivity contribution < 1.29 is 0 Å². The molecule has 0 fully saturated rings. The topological polar surface area (TPSA) is 42.7 Å². The fraction of sp³-hybridized carbons (Fsp3) is 0.125. The molecule has 1 N–H and O–H groups in total. The van der Waals surface area contributed by atoms with Crippen molar-refractivity contribution in [3.8, 4) is 16.9 Å². The van der Waals surface area contributed by atoms with Crippen LogP contribution < -0.4 is 5.32 Å². The summed E-state index contributed by atoms with van der Waals surface area (Å²) in [7, 11) is 1.92. The summed E-state index contributed by atoms with van der Waals surface area (Å²) in [6.07, 6.45) is 5.66. The molecular formula is C16H15BrN4. The molecule has 0 spiro atoms. The molecule has 106 valence electrons. The number of nitrogens with zero attached hydrogens (tertiary/aromatic N) is 3. The second kappa shape index (κ2) is 6.20. The highest BCUT2D eigenvalue weighted by molar-refractivity contribution is 9.10. The quantitative estimate of drug-likeness (QED) is 0.789. The van der Waals surface area contributed by atoms with Crippen LogP contribution in [0, 0.1) is 0 Å². The van der Waals surface area contributed by atoms with Crippen molar-refractivity contribution in [3.63, 3.8) is 0 Å². The van der Waals surface area contributed by atoms with Crippen LogP contribution >= 0.6 is 15.9 Å². The normalized spacial score (nSPS) is 10.8. The monoisotopic (exact) mass is 342 g/mol. The highest BCUT2D eigenvalue weighted by Crippen LogP contribution is 2.21. The molecule has 5 heteroatoms. The molecule has 0 radical (unpaired) electrons. The molecule has 3 aromatic rings. The second-order valence-corrected chi connectivity index (χ2v) is 5.62. The number of hydrogen-bond donors (Lipinski definition) is 1. The number of aromatic nitrogens is 3. The zero-order chi connectivity index (χ0) is 14.7. The van der Waals surface area contributed by atoms with Crippen LogP contribution in [-0.2, 0) is 6.54 Å². The average molecular weight is 343 g/mol. The van der Waals surface area contributed by atoms with Gasteiger partial charge in [-0.2, -0.15) is 5.10 Å². The Bertz CT molecular complexity index is 737. The SMILES string of the molecule is CNCc1cc(Br)cnc1-n1cc(-c2ccccc2)cn1. The number of rotatable bonds is 4. The molecule has 21 heavy (non-hydrogen) atoms. The molecule has 0 saturated carbocycles. The number of halogens is 1. The molecule has 1 aromatic carbocycles. The van der Waals surface area contributed by atoms with Gasteiger partial charge in [-0.25, -0.2) is 9.67 Å².